The molecule has 124 valence electrons. The van der Waals surface area contributed by atoms with E-state index in [0.717, 1.165) is 41.3 Å². The second-order valence-electron chi connectivity index (χ2n) is 5.63. The van der Waals surface area contributed by atoms with Crippen LogP contribution >= 0.6 is 11.3 Å². The molecule has 1 atom stereocenters. The van der Waals surface area contributed by atoms with E-state index in [1.807, 2.05) is 13.8 Å². The number of ether oxygens (including phenoxy) is 1. The summed E-state index contributed by atoms with van der Waals surface area (Å²) in [5.74, 6) is -0.236. The maximum absolute atomic E-state index is 12.4. The molecule has 1 N–H and O–H groups in total. The Morgan fingerprint density at radius 1 is 1.52 bits per heavy atom. The highest BCUT2D eigenvalue weighted by molar-refractivity contribution is 7.18. The third kappa shape index (κ3) is 3.42. The second-order valence-corrected chi connectivity index (χ2v) is 6.71. The fourth-order valence-electron chi connectivity index (χ4n) is 2.63. The number of thiazole rings is 1. The van der Waals surface area contributed by atoms with E-state index in [0.29, 0.717) is 12.1 Å². The number of rotatable bonds is 5. The minimum atomic E-state index is -0.311. The number of nitrogens with zero attached hydrogens (tertiary/aromatic N) is 3. The fourth-order valence-corrected chi connectivity index (χ4v) is 3.57. The summed E-state index contributed by atoms with van der Waals surface area (Å²) in [5.41, 5.74) is 0.823. The van der Waals surface area contributed by atoms with Gasteiger partial charge in [-0.1, -0.05) is 6.92 Å². The van der Waals surface area contributed by atoms with Gasteiger partial charge in [-0.15, -0.1) is 11.3 Å². The SMILES string of the molecule is CCc1nc2c(=O)n(CC(=O)NC[C@@H]3CCCO3)nc(C)c2s1. The number of aryl methyl sites for hydroxylation is 2. The monoisotopic (exact) mass is 336 g/mol. The Kier molecular flexibility index (Phi) is 4.72. The summed E-state index contributed by atoms with van der Waals surface area (Å²) in [6, 6.07) is 0. The van der Waals surface area contributed by atoms with E-state index in [1.54, 1.807) is 0 Å². The van der Waals surface area contributed by atoms with Gasteiger partial charge in [-0.3, -0.25) is 9.59 Å². The molecule has 0 spiro atoms. The van der Waals surface area contributed by atoms with Crippen molar-refractivity contribution in [3.05, 3.63) is 21.1 Å². The summed E-state index contributed by atoms with van der Waals surface area (Å²) in [5, 5.41) is 7.96. The Morgan fingerprint density at radius 2 is 2.35 bits per heavy atom. The molecule has 0 aliphatic carbocycles. The molecule has 0 radical (unpaired) electrons. The summed E-state index contributed by atoms with van der Waals surface area (Å²) < 4.78 is 7.47. The zero-order valence-electron chi connectivity index (χ0n) is 13.3. The average Bonchev–Trinajstić information content (AvgIpc) is 3.19. The summed E-state index contributed by atoms with van der Waals surface area (Å²) in [6.45, 7) is 4.96. The molecular weight excluding hydrogens is 316 g/mol. The maximum atomic E-state index is 12.4. The average molecular weight is 336 g/mol. The Labute approximate surface area is 137 Å². The Bertz CT molecular complexity index is 777. The van der Waals surface area contributed by atoms with Crippen molar-refractivity contribution in [3.63, 3.8) is 0 Å². The molecule has 2 aromatic heterocycles. The summed E-state index contributed by atoms with van der Waals surface area (Å²) in [4.78, 5) is 28.9. The topological polar surface area (TPSA) is 86.1 Å². The molecular formula is C15H20N4O3S. The number of carbonyl (C=O) groups is 1. The molecule has 1 aliphatic heterocycles. The van der Waals surface area contributed by atoms with E-state index < -0.39 is 0 Å². The van der Waals surface area contributed by atoms with Gasteiger partial charge in [0.2, 0.25) is 5.91 Å². The first kappa shape index (κ1) is 16.1. The van der Waals surface area contributed by atoms with Gasteiger partial charge in [0.25, 0.3) is 5.56 Å². The molecule has 0 aromatic carbocycles. The standard InChI is InChI=1S/C15H20N4O3S/c1-3-12-17-13-14(23-12)9(2)18-19(15(13)21)8-11(20)16-7-10-5-4-6-22-10/h10H,3-8H2,1-2H3,(H,16,20)/t10-/m0/s1. The van der Waals surface area contributed by atoms with Crippen molar-refractivity contribution < 1.29 is 9.53 Å². The summed E-state index contributed by atoms with van der Waals surface area (Å²) in [7, 11) is 0. The lowest BCUT2D eigenvalue weighted by Gasteiger charge is -2.11. The van der Waals surface area contributed by atoms with Crippen LogP contribution in [0.2, 0.25) is 0 Å². The van der Waals surface area contributed by atoms with Crippen LogP contribution in [0.1, 0.15) is 30.5 Å². The molecule has 0 saturated carbocycles. The molecule has 7 nitrogen and oxygen atoms in total. The lowest BCUT2D eigenvalue weighted by Crippen LogP contribution is -2.37. The van der Waals surface area contributed by atoms with E-state index in [4.69, 9.17) is 4.74 Å². The van der Waals surface area contributed by atoms with Crippen molar-refractivity contribution in [1.29, 1.82) is 0 Å². The molecule has 8 heteroatoms. The van der Waals surface area contributed by atoms with Gasteiger partial charge in [0.05, 0.1) is 21.5 Å². The van der Waals surface area contributed by atoms with Crippen LogP contribution in [-0.4, -0.2) is 39.9 Å². The zero-order chi connectivity index (χ0) is 16.4. The van der Waals surface area contributed by atoms with Crippen molar-refractivity contribution in [3.8, 4) is 0 Å². The van der Waals surface area contributed by atoms with Crippen molar-refractivity contribution in [2.75, 3.05) is 13.2 Å². The van der Waals surface area contributed by atoms with Gasteiger partial charge in [-0.2, -0.15) is 5.10 Å². The number of amides is 1. The molecule has 23 heavy (non-hydrogen) atoms. The predicted molar refractivity (Wildman–Crippen MR) is 87.8 cm³/mol. The van der Waals surface area contributed by atoms with E-state index in [2.05, 4.69) is 15.4 Å². The van der Waals surface area contributed by atoms with Crippen molar-refractivity contribution >= 4 is 27.5 Å². The van der Waals surface area contributed by atoms with E-state index in [9.17, 15) is 9.59 Å². The normalized spacial score (nSPS) is 17.7. The highest BCUT2D eigenvalue weighted by Crippen LogP contribution is 2.21. The Balaban J connectivity index is 1.75. The lowest BCUT2D eigenvalue weighted by atomic mass is 10.2. The predicted octanol–water partition coefficient (Wildman–Crippen LogP) is 1.02. The minimum absolute atomic E-state index is 0.0819. The van der Waals surface area contributed by atoms with Crippen LogP contribution < -0.4 is 10.9 Å². The van der Waals surface area contributed by atoms with Crippen LogP contribution in [0, 0.1) is 6.92 Å². The van der Waals surface area contributed by atoms with Gasteiger partial charge in [-0.05, 0) is 26.2 Å². The van der Waals surface area contributed by atoms with Crippen LogP contribution in [0.15, 0.2) is 4.79 Å². The van der Waals surface area contributed by atoms with Gasteiger partial charge in [-0.25, -0.2) is 9.67 Å². The lowest BCUT2D eigenvalue weighted by molar-refractivity contribution is -0.122. The highest BCUT2D eigenvalue weighted by atomic mass is 32.1. The Morgan fingerprint density at radius 3 is 3.04 bits per heavy atom. The number of carbonyl (C=O) groups excluding carboxylic acids is 1. The smallest absolute Gasteiger partial charge is 0.294 e. The quantitative estimate of drug-likeness (QED) is 0.881. The third-order valence-electron chi connectivity index (χ3n) is 3.85. The van der Waals surface area contributed by atoms with Crippen LogP contribution in [0.4, 0.5) is 0 Å². The number of fused-ring (bicyclic) bond motifs is 1. The highest BCUT2D eigenvalue weighted by Gasteiger charge is 2.18. The number of nitrogens with one attached hydrogen (secondary N) is 1. The first-order valence-electron chi connectivity index (χ1n) is 7.84. The van der Waals surface area contributed by atoms with Gasteiger partial charge < -0.3 is 10.1 Å². The van der Waals surface area contributed by atoms with Crippen molar-refractivity contribution in [2.24, 2.45) is 0 Å². The molecule has 0 bridgehead atoms. The molecule has 1 amide bonds. The molecule has 1 saturated heterocycles. The molecule has 3 heterocycles. The number of hydrogen-bond donors (Lipinski definition) is 1. The second kappa shape index (κ2) is 6.76. The van der Waals surface area contributed by atoms with E-state index in [1.165, 1.54) is 16.0 Å². The van der Waals surface area contributed by atoms with Crippen molar-refractivity contribution in [2.45, 2.75) is 45.8 Å². The number of hydrogen-bond acceptors (Lipinski definition) is 6. The molecule has 1 aliphatic rings. The fraction of sp³-hybridized carbons (Fsp3) is 0.600. The third-order valence-corrected chi connectivity index (χ3v) is 5.16. The molecule has 1 fully saturated rings. The molecule has 2 aromatic rings. The van der Waals surface area contributed by atoms with Gasteiger partial charge in [0, 0.05) is 13.2 Å². The first-order valence-corrected chi connectivity index (χ1v) is 8.65. The van der Waals surface area contributed by atoms with Gasteiger partial charge >= 0.3 is 0 Å². The molecule has 0 unspecified atom stereocenters. The van der Waals surface area contributed by atoms with Crippen LogP contribution in [0.5, 0.6) is 0 Å². The van der Waals surface area contributed by atoms with Crippen LogP contribution in [0.3, 0.4) is 0 Å². The number of aromatic nitrogens is 3. The maximum Gasteiger partial charge on any atom is 0.294 e. The van der Waals surface area contributed by atoms with Crippen LogP contribution in [-0.2, 0) is 22.5 Å². The minimum Gasteiger partial charge on any atom is -0.376 e. The van der Waals surface area contributed by atoms with Crippen molar-refractivity contribution in [1.82, 2.24) is 20.1 Å². The molecule has 3 rings (SSSR count). The summed E-state index contributed by atoms with van der Waals surface area (Å²) in [6.07, 6.45) is 2.85. The zero-order valence-corrected chi connectivity index (χ0v) is 14.1. The summed E-state index contributed by atoms with van der Waals surface area (Å²) >= 11 is 1.49. The van der Waals surface area contributed by atoms with E-state index in [-0.39, 0.29) is 24.1 Å². The van der Waals surface area contributed by atoms with Crippen LogP contribution in [0.25, 0.3) is 10.2 Å². The van der Waals surface area contributed by atoms with E-state index >= 15 is 0 Å². The largest absolute Gasteiger partial charge is 0.376 e. The van der Waals surface area contributed by atoms with Gasteiger partial charge in [0.1, 0.15) is 6.54 Å². The first-order chi connectivity index (χ1) is 11.1. The Hall–Kier alpha value is -1.80. The van der Waals surface area contributed by atoms with Gasteiger partial charge in [0.15, 0.2) is 5.52 Å².